The number of nitrogens with one attached hydrogen (secondary N) is 2. The summed E-state index contributed by atoms with van der Waals surface area (Å²) in [6.07, 6.45) is 0. The molecule has 0 aliphatic rings. The quantitative estimate of drug-likeness (QED) is 0.510. The number of carbonyl (C=O) groups is 2. The Labute approximate surface area is 176 Å². The van der Waals surface area contributed by atoms with Crippen molar-refractivity contribution in [2.45, 2.75) is 6.92 Å². The predicted molar refractivity (Wildman–Crippen MR) is 117 cm³/mol. The van der Waals surface area contributed by atoms with Crippen molar-refractivity contribution < 1.29 is 19.1 Å². The molecule has 8 heteroatoms. The fraction of sp³-hybridized carbons (Fsp3) is 0.286. The summed E-state index contributed by atoms with van der Waals surface area (Å²) < 4.78 is 10.8. The van der Waals surface area contributed by atoms with Gasteiger partial charge in [-0.3, -0.25) is 14.9 Å². The number of benzene rings is 2. The van der Waals surface area contributed by atoms with Crippen LogP contribution in [0, 0.1) is 0 Å². The van der Waals surface area contributed by atoms with Crippen LogP contribution in [0.4, 0.5) is 5.69 Å². The lowest BCUT2D eigenvalue weighted by molar-refractivity contribution is 0.0827. The molecule has 7 nitrogen and oxygen atoms in total. The highest BCUT2D eigenvalue weighted by molar-refractivity contribution is 7.80. The second-order valence-corrected chi connectivity index (χ2v) is 6.67. The largest absolute Gasteiger partial charge is 0.491 e. The lowest BCUT2D eigenvalue weighted by atomic mass is 10.2. The van der Waals surface area contributed by atoms with E-state index in [1.54, 1.807) is 62.6 Å². The van der Waals surface area contributed by atoms with E-state index < -0.39 is 0 Å². The van der Waals surface area contributed by atoms with Crippen LogP contribution in [0.5, 0.6) is 5.75 Å². The van der Waals surface area contributed by atoms with Gasteiger partial charge in [0.25, 0.3) is 11.8 Å². The highest BCUT2D eigenvalue weighted by atomic mass is 32.1. The smallest absolute Gasteiger partial charge is 0.257 e. The van der Waals surface area contributed by atoms with E-state index in [1.807, 2.05) is 6.92 Å². The number of nitrogens with zero attached hydrogens (tertiary/aromatic N) is 1. The first-order valence-corrected chi connectivity index (χ1v) is 9.56. The first kappa shape index (κ1) is 22.3. The van der Waals surface area contributed by atoms with Crippen molar-refractivity contribution in [3.8, 4) is 5.75 Å². The van der Waals surface area contributed by atoms with E-state index in [2.05, 4.69) is 10.6 Å². The van der Waals surface area contributed by atoms with E-state index in [0.29, 0.717) is 42.4 Å². The average molecular weight is 416 g/mol. The number of ether oxygens (including phenoxy) is 2. The molecule has 2 N–H and O–H groups in total. The Morgan fingerprint density at radius 1 is 1.03 bits per heavy atom. The molecule has 0 aliphatic heterocycles. The van der Waals surface area contributed by atoms with Crippen LogP contribution in [0.1, 0.15) is 27.6 Å². The van der Waals surface area contributed by atoms with Crippen molar-refractivity contribution in [1.82, 2.24) is 10.2 Å². The van der Waals surface area contributed by atoms with E-state index in [4.69, 9.17) is 21.7 Å². The first-order chi connectivity index (χ1) is 13.9. The second kappa shape index (κ2) is 11.1. The monoisotopic (exact) mass is 415 g/mol. The van der Waals surface area contributed by atoms with E-state index in [1.165, 1.54) is 4.90 Å². The molecule has 2 rings (SSSR count). The van der Waals surface area contributed by atoms with Crippen LogP contribution >= 0.6 is 12.2 Å². The van der Waals surface area contributed by atoms with Crippen molar-refractivity contribution in [2.75, 3.05) is 39.2 Å². The summed E-state index contributed by atoms with van der Waals surface area (Å²) in [5.41, 5.74) is 1.54. The third kappa shape index (κ3) is 7.17. The van der Waals surface area contributed by atoms with Gasteiger partial charge in [-0.15, -0.1) is 0 Å². The summed E-state index contributed by atoms with van der Waals surface area (Å²) in [7, 11) is 3.36. The van der Waals surface area contributed by atoms with E-state index >= 15 is 0 Å². The number of thiocarbonyl (C=S) groups is 1. The molecule has 0 radical (unpaired) electrons. The Kier molecular flexibility index (Phi) is 8.57. The maximum atomic E-state index is 12.5. The van der Waals surface area contributed by atoms with Gasteiger partial charge in [0.05, 0.1) is 6.61 Å². The Bertz CT molecular complexity index is 871. The average Bonchev–Trinajstić information content (AvgIpc) is 2.71. The standard InChI is InChI=1S/C21H25N3O4S/c1-4-27-11-12-28-18-10-6-7-15(14-18)19(25)23-21(29)22-17-9-5-8-16(13-17)20(26)24(2)3/h5-10,13-14H,4,11-12H2,1-3H3,(H2,22,23,25,29). The van der Waals surface area contributed by atoms with Crippen molar-refractivity contribution in [1.29, 1.82) is 0 Å². The van der Waals surface area contributed by atoms with Gasteiger partial charge in [-0.05, 0) is 55.5 Å². The zero-order valence-corrected chi connectivity index (χ0v) is 17.5. The van der Waals surface area contributed by atoms with Gasteiger partial charge >= 0.3 is 0 Å². The van der Waals surface area contributed by atoms with Crippen LogP contribution in [0.2, 0.25) is 0 Å². The summed E-state index contributed by atoms with van der Waals surface area (Å²) >= 11 is 5.22. The van der Waals surface area contributed by atoms with Crippen molar-refractivity contribution in [3.05, 3.63) is 59.7 Å². The molecule has 0 atom stereocenters. The summed E-state index contributed by atoms with van der Waals surface area (Å²) in [6, 6.07) is 13.7. The Balaban J connectivity index is 1.95. The third-order valence-corrected chi connectivity index (χ3v) is 4.00. The minimum absolute atomic E-state index is 0.121. The fourth-order valence-corrected chi connectivity index (χ4v) is 2.63. The molecule has 0 saturated carbocycles. The maximum Gasteiger partial charge on any atom is 0.257 e. The van der Waals surface area contributed by atoms with Gasteiger partial charge < -0.3 is 19.7 Å². The zero-order chi connectivity index (χ0) is 21.2. The summed E-state index contributed by atoms with van der Waals surface area (Å²) in [6.45, 7) is 3.43. The SMILES string of the molecule is CCOCCOc1cccc(C(=O)NC(=S)Nc2cccc(C(=O)N(C)C)c2)c1. The molecule has 2 aromatic rings. The van der Waals surface area contributed by atoms with Gasteiger partial charge in [-0.25, -0.2) is 0 Å². The van der Waals surface area contributed by atoms with Crippen LogP contribution in [-0.4, -0.2) is 55.7 Å². The van der Waals surface area contributed by atoms with Crippen molar-refractivity contribution in [2.24, 2.45) is 0 Å². The summed E-state index contributed by atoms with van der Waals surface area (Å²) in [5, 5.41) is 5.68. The van der Waals surface area contributed by atoms with Gasteiger partial charge in [0.15, 0.2) is 5.11 Å². The number of rotatable bonds is 8. The van der Waals surface area contributed by atoms with Crippen LogP contribution in [0.25, 0.3) is 0 Å². The Hall–Kier alpha value is -2.97. The predicted octanol–water partition coefficient (Wildman–Crippen LogP) is 2.93. The third-order valence-electron chi connectivity index (χ3n) is 3.80. The molecule has 0 saturated heterocycles. The van der Waals surface area contributed by atoms with Crippen molar-refractivity contribution >= 4 is 34.8 Å². The maximum absolute atomic E-state index is 12.5. The van der Waals surface area contributed by atoms with Gasteiger partial charge in [-0.1, -0.05) is 12.1 Å². The van der Waals surface area contributed by atoms with Gasteiger partial charge in [0, 0.05) is 37.5 Å². The highest BCUT2D eigenvalue weighted by Gasteiger charge is 2.11. The molecule has 0 bridgehead atoms. The van der Waals surface area contributed by atoms with Crippen LogP contribution in [-0.2, 0) is 4.74 Å². The van der Waals surface area contributed by atoms with Crippen molar-refractivity contribution in [3.63, 3.8) is 0 Å². The zero-order valence-electron chi connectivity index (χ0n) is 16.7. The number of anilines is 1. The van der Waals surface area contributed by atoms with Crippen LogP contribution in [0.3, 0.4) is 0 Å². The highest BCUT2D eigenvalue weighted by Crippen LogP contribution is 2.14. The number of amides is 2. The molecule has 0 aromatic heterocycles. The van der Waals surface area contributed by atoms with Gasteiger partial charge in [0.2, 0.25) is 0 Å². The fourth-order valence-electron chi connectivity index (χ4n) is 2.42. The number of hydrogen-bond donors (Lipinski definition) is 2. The Morgan fingerprint density at radius 3 is 2.48 bits per heavy atom. The molecule has 0 heterocycles. The summed E-state index contributed by atoms with van der Waals surface area (Å²) in [5.74, 6) is 0.0918. The van der Waals surface area contributed by atoms with E-state index in [9.17, 15) is 9.59 Å². The van der Waals surface area contributed by atoms with E-state index in [-0.39, 0.29) is 16.9 Å². The number of carbonyl (C=O) groups excluding carboxylic acids is 2. The summed E-state index contributed by atoms with van der Waals surface area (Å²) in [4.78, 5) is 26.0. The first-order valence-electron chi connectivity index (χ1n) is 9.15. The number of hydrogen-bond acceptors (Lipinski definition) is 5. The normalized spacial score (nSPS) is 10.2. The molecule has 0 fully saturated rings. The van der Waals surface area contributed by atoms with Gasteiger partial charge in [-0.2, -0.15) is 0 Å². The van der Waals surface area contributed by atoms with Gasteiger partial charge in [0.1, 0.15) is 12.4 Å². The molecule has 0 aliphatic carbocycles. The minimum atomic E-state index is -0.363. The lowest BCUT2D eigenvalue weighted by Gasteiger charge is -2.13. The molecular formula is C21H25N3O4S. The van der Waals surface area contributed by atoms with Crippen LogP contribution < -0.4 is 15.4 Å². The molecule has 0 unspecified atom stereocenters. The molecule has 154 valence electrons. The molecule has 2 amide bonds. The molecule has 0 spiro atoms. The lowest BCUT2D eigenvalue weighted by Crippen LogP contribution is -2.34. The second-order valence-electron chi connectivity index (χ2n) is 6.26. The molecule has 2 aromatic carbocycles. The topological polar surface area (TPSA) is 79.9 Å². The Morgan fingerprint density at radius 2 is 1.76 bits per heavy atom. The van der Waals surface area contributed by atoms with Crippen LogP contribution in [0.15, 0.2) is 48.5 Å². The minimum Gasteiger partial charge on any atom is -0.491 e. The molecule has 29 heavy (non-hydrogen) atoms. The molecular weight excluding hydrogens is 390 g/mol. The van der Waals surface area contributed by atoms with E-state index in [0.717, 1.165) is 0 Å².